The van der Waals surface area contributed by atoms with Gasteiger partial charge in [0.25, 0.3) is 0 Å². The first-order chi connectivity index (χ1) is 11.1. The zero-order chi connectivity index (χ0) is 17.6. The summed E-state index contributed by atoms with van der Waals surface area (Å²) in [7, 11) is 0. The zero-order valence-electron chi connectivity index (χ0n) is 14.6. The molecule has 4 nitrogen and oxygen atoms in total. The number of carbonyl (C=O) groups is 1. The minimum absolute atomic E-state index is 0.121. The second kappa shape index (κ2) is 5.92. The van der Waals surface area contributed by atoms with Gasteiger partial charge in [-0.15, -0.1) is 0 Å². The Labute approximate surface area is 148 Å². The van der Waals surface area contributed by atoms with Crippen LogP contribution in [-0.2, 0) is 9.53 Å². The van der Waals surface area contributed by atoms with Crippen molar-refractivity contribution in [2.45, 2.75) is 70.1 Å². The van der Waals surface area contributed by atoms with E-state index in [1.54, 1.807) is 6.07 Å². The number of fused-ring (bicyclic) bond motifs is 3. The first-order valence-electron chi connectivity index (χ1n) is 8.57. The molecule has 1 aromatic carbocycles. The molecule has 0 aliphatic heterocycles. The summed E-state index contributed by atoms with van der Waals surface area (Å²) in [6.07, 6.45) is 3.42. The quantitative estimate of drug-likeness (QED) is 0.833. The van der Waals surface area contributed by atoms with Crippen molar-refractivity contribution in [3.8, 4) is 5.75 Å². The molecule has 3 saturated carbocycles. The number of esters is 1. The van der Waals surface area contributed by atoms with Gasteiger partial charge in [-0.25, -0.2) is 0 Å². The number of nitrogens with two attached hydrogens (primary N) is 1. The third-order valence-corrected chi connectivity index (χ3v) is 5.61. The van der Waals surface area contributed by atoms with Gasteiger partial charge in [-0.3, -0.25) is 4.79 Å². The predicted octanol–water partition coefficient (Wildman–Crippen LogP) is 4.09. The summed E-state index contributed by atoms with van der Waals surface area (Å²) in [5.41, 5.74) is 5.23. The van der Waals surface area contributed by atoms with Crippen LogP contribution in [0.5, 0.6) is 5.75 Å². The van der Waals surface area contributed by atoms with Crippen LogP contribution in [0.3, 0.4) is 0 Å². The largest absolute Gasteiger partial charge is 0.487 e. The average Bonchev–Trinajstić information content (AvgIpc) is 2.49. The number of benzene rings is 1. The lowest BCUT2D eigenvalue weighted by molar-refractivity contribution is -0.180. The number of hydrogen-bond donors (Lipinski definition) is 1. The van der Waals surface area contributed by atoms with Gasteiger partial charge in [-0.05, 0) is 58.6 Å². The molecule has 2 bridgehead atoms. The monoisotopic (exact) mass is 351 g/mol. The summed E-state index contributed by atoms with van der Waals surface area (Å²) in [6, 6.07) is 7.39. The normalized spacial score (nSPS) is 32.5. The van der Waals surface area contributed by atoms with Crippen molar-refractivity contribution in [1.29, 1.82) is 0 Å². The first-order valence-corrected chi connectivity index (χ1v) is 8.95. The Morgan fingerprint density at radius 2 is 1.83 bits per heavy atom. The molecule has 0 saturated heterocycles. The molecule has 132 valence electrons. The maximum atomic E-state index is 12.8. The van der Waals surface area contributed by atoms with E-state index in [1.807, 2.05) is 39.0 Å². The Morgan fingerprint density at radius 3 is 2.42 bits per heavy atom. The lowest BCUT2D eigenvalue weighted by Crippen LogP contribution is -2.65. The van der Waals surface area contributed by atoms with Crippen LogP contribution in [0.15, 0.2) is 24.3 Å². The highest BCUT2D eigenvalue weighted by Gasteiger charge is 2.58. The van der Waals surface area contributed by atoms with E-state index >= 15 is 0 Å². The molecule has 0 heterocycles. The Bertz CT molecular complexity index is 630. The van der Waals surface area contributed by atoms with Crippen LogP contribution in [-0.4, -0.2) is 23.2 Å². The maximum absolute atomic E-state index is 12.8. The molecule has 3 aliphatic rings. The molecule has 0 aromatic heterocycles. The van der Waals surface area contributed by atoms with Crippen molar-refractivity contribution < 1.29 is 14.3 Å². The fourth-order valence-electron chi connectivity index (χ4n) is 3.80. The highest BCUT2D eigenvalue weighted by atomic mass is 35.5. The Balaban J connectivity index is 1.82. The van der Waals surface area contributed by atoms with Gasteiger partial charge in [0.1, 0.15) is 17.5 Å². The molecule has 0 spiro atoms. The first kappa shape index (κ1) is 17.6. The smallest absolute Gasteiger partial charge is 0.312 e. The third kappa shape index (κ3) is 3.27. The van der Waals surface area contributed by atoms with Crippen molar-refractivity contribution in [2.24, 2.45) is 11.1 Å². The van der Waals surface area contributed by atoms with Gasteiger partial charge in [-0.1, -0.05) is 23.7 Å². The van der Waals surface area contributed by atoms with Crippen LogP contribution in [0.1, 0.15) is 52.9 Å². The molecule has 3 fully saturated rings. The van der Waals surface area contributed by atoms with E-state index in [9.17, 15) is 4.79 Å². The molecule has 1 unspecified atom stereocenters. The number of hydrogen-bond acceptors (Lipinski definition) is 4. The summed E-state index contributed by atoms with van der Waals surface area (Å²) in [4.78, 5) is 12.8. The summed E-state index contributed by atoms with van der Waals surface area (Å²) in [6.45, 7) is 5.70. The van der Waals surface area contributed by atoms with E-state index in [4.69, 9.17) is 26.8 Å². The topological polar surface area (TPSA) is 61.5 Å². The molecular formula is C19H26ClNO3. The van der Waals surface area contributed by atoms with E-state index in [0.717, 1.165) is 25.7 Å². The second-order valence-electron chi connectivity index (χ2n) is 8.26. The Morgan fingerprint density at radius 1 is 1.21 bits per heavy atom. The van der Waals surface area contributed by atoms with Gasteiger partial charge >= 0.3 is 5.97 Å². The van der Waals surface area contributed by atoms with Crippen LogP contribution < -0.4 is 10.5 Å². The molecular weight excluding hydrogens is 326 g/mol. The number of para-hydroxylation sites is 1. The van der Waals surface area contributed by atoms with Crippen molar-refractivity contribution in [2.75, 3.05) is 0 Å². The van der Waals surface area contributed by atoms with Crippen LogP contribution >= 0.6 is 11.6 Å². The third-order valence-electron chi connectivity index (χ3n) is 5.29. The van der Waals surface area contributed by atoms with Gasteiger partial charge in [-0.2, -0.15) is 0 Å². The van der Waals surface area contributed by atoms with Crippen LogP contribution in [0.2, 0.25) is 5.02 Å². The van der Waals surface area contributed by atoms with Gasteiger partial charge in [0.2, 0.25) is 0 Å². The van der Waals surface area contributed by atoms with E-state index in [0.29, 0.717) is 17.2 Å². The van der Waals surface area contributed by atoms with Gasteiger partial charge in [0.15, 0.2) is 0 Å². The molecule has 2 N–H and O–H groups in total. The maximum Gasteiger partial charge on any atom is 0.312 e. The SMILES string of the molecule is CC(C)(C)OC(=O)C12CCC(N)(CC1)C(Oc1ccccc1Cl)C2. The van der Waals surface area contributed by atoms with Gasteiger partial charge in [0, 0.05) is 6.42 Å². The minimum Gasteiger partial charge on any atom is -0.487 e. The van der Waals surface area contributed by atoms with E-state index in [2.05, 4.69) is 0 Å². The van der Waals surface area contributed by atoms with Crippen LogP contribution in [0, 0.1) is 5.41 Å². The summed E-state index contributed by atoms with van der Waals surface area (Å²) >= 11 is 6.22. The lowest BCUT2D eigenvalue weighted by atomic mass is 9.56. The Kier molecular flexibility index (Phi) is 4.33. The standard InChI is InChI=1S/C19H26ClNO3/c1-17(2,3)24-16(22)18-8-10-19(21,11-9-18)15(12-18)23-14-7-5-4-6-13(14)20/h4-7,15H,8-12,21H2,1-3H3. The Hall–Kier alpha value is -1.26. The summed E-state index contributed by atoms with van der Waals surface area (Å²) in [5, 5.41) is 0.564. The van der Waals surface area contributed by atoms with Crippen molar-refractivity contribution in [3.63, 3.8) is 0 Å². The number of carbonyl (C=O) groups excluding carboxylic acids is 1. The molecule has 0 amide bonds. The lowest BCUT2D eigenvalue weighted by Gasteiger charge is -2.54. The molecule has 3 aliphatic carbocycles. The fourth-order valence-corrected chi connectivity index (χ4v) is 3.98. The zero-order valence-corrected chi connectivity index (χ0v) is 15.4. The van der Waals surface area contributed by atoms with Crippen LogP contribution in [0.25, 0.3) is 0 Å². The molecule has 24 heavy (non-hydrogen) atoms. The van der Waals surface area contributed by atoms with E-state index in [-0.39, 0.29) is 12.1 Å². The minimum atomic E-state index is -0.486. The molecule has 4 rings (SSSR count). The fraction of sp³-hybridized carbons (Fsp3) is 0.632. The number of rotatable bonds is 3. The van der Waals surface area contributed by atoms with Crippen molar-refractivity contribution in [3.05, 3.63) is 29.3 Å². The molecule has 1 atom stereocenters. The summed E-state index contributed by atoms with van der Waals surface area (Å²) < 4.78 is 11.9. The van der Waals surface area contributed by atoms with Gasteiger partial charge < -0.3 is 15.2 Å². The van der Waals surface area contributed by atoms with Crippen LogP contribution in [0.4, 0.5) is 0 Å². The van der Waals surface area contributed by atoms with Gasteiger partial charge in [0.05, 0.1) is 16.0 Å². The van der Waals surface area contributed by atoms with Crippen molar-refractivity contribution >= 4 is 17.6 Å². The summed E-state index contributed by atoms with van der Waals surface area (Å²) in [5.74, 6) is 0.505. The predicted molar refractivity (Wildman–Crippen MR) is 94.1 cm³/mol. The highest BCUT2D eigenvalue weighted by molar-refractivity contribution is 6.32. The van der Waals surface area contributed by atoms with Crippen molar-refractivity contribution in [1.82, 2.24) is 0 Å². The molecule has 1 aromatic rings. The van der Waals surface area contributed by atoms with E-state index < -0.39 is 16.6 Å². The highest BCUT2D eigenvalue weighted by Crippen LogP contribution is 2.53. The molecule has 5 heteroatoms. The number of halogens is 1. The number of ether oxygens (including phenoxy) is 2. The van der Waals surface area contributed by atoms with E-state index in [1.165, 1.54) is 0 Å². The molecule has 0 radical (unpaired) electrons. The average molecular weight is 352 g/mol. The second-order valence-corrected chi connectivity index (χ2v) is 8.66.